The fourth-order valence-corrected chi connectivity index (χ4v) is 3.23. The highest BCUT2D eigenvalue weighted by Gasteiger charge is 2.21. The van der Waals surface area contributed by atoms with Gasteiger partial charge in [-0.1, -0.05) is 11.6 Å². The maximum absolute atomic E-state index is 6.09. The molecule has 1 atom stereocenters. The molecule has 2 aromatic heterocycles. The molecule has 0 amide bonds. The molecule has 0 radical (unpaired) electrons. The zero-order valence-corrected chi connectivity index (χ0v) is 11.9. The van der Waals surface area contributed by atoms with E-state index in [2.05, 4.69) is 34.2 Å². The Hall–Kier alpha value is -0.910. The largest absolute Gasteiger partial charge is 0.377 e. The minimum absolute atomic E-state index is 0.341. The molecule has 3 rings (SSSR count). The summed E-state index contributed by atoms with van der Waals surface area (Å²) in [6.07, 6.45) is 0. The fraction of sp³-hybridized carbons (Fsp3) is 0.500. The molecule has 0 spiro atoms. The van der Waals surface area contributed by atoms with Crippen molar-refractivity contribution in [2.24, 2.45) is 0 Å². The normalized spacial score (nSPS) is 20.6. The highest BCUT2D eigenvalue weighted by molar-refractivity contribution is 7.14. The number of hydrogen-bond acceptors (Lipinski definition) is 5. The second-order valence-corrected chi connectivity index (χ2v) is 5.70. The van der Waals surface area contributed by atoms with Crippen LogP contribution in [-0.2, 0) is 4.74 Å². The lowest BCUT2D eigenvalue weighted by Crippen LogP contribution is -2.44. The van der Waals surface area contributed by atoms with Crippen molar-refractivity contribution < 1.29 is 4.74 Å². The van der Waals surface area contributed by atoms with Gasteiger partial charge in [-0.25, -0.2) is 4.98 Å². The van der Waals surface area contributed by atoms with Crippen LogP contribution in [0.2, 0.25) is 5.15 Å². The zero-order chi connectivity index (χ0) is 12.7. The lowest BCUT2D eigenvalue weighted by molar-refractivity contribution is 0.0985. The molecule has 0 unspecified atom stereocenters. The average Bonchev–Trinajstić information content (AvgIpc) is 2.72. The molecule has 1 aliphatic rings. The molecule has 0 N–H and O–H groups in total. The van der Waals surface area contributed by atoms with E-state index in [9.17, 15) is 0 Å². The van der Waals surface area contributed by atoms with Crippen LogP contribution in [0.15, 0.2) is 6.07 Å². The van der Waals surface area contributed by atoms with Crippen LogP contribution in [0.5, 0.6) is 0 Å². The van der Waals surface area contributed by atoms with E-state index in [0.29, 0.717) is 11.2 Å². The molecule has 96 valence electrons. The van der Waals surface area contributed by atoms with Crippen molar-refractivity contribution in [2.45, 2.75) is 19.9 Å². The molecule has 4 nitrogen and oxygen atoms in total. The highest BCUT2D eigenvalue weighted by Crippen LogP contribution is 2.31. The molecule has 1 aliphatic heterocycles. The lowest BCUT2D eigenvalue weighted by atomic mass is 10.2. The number of fused-ring (bicyclic) bond motifs is 1. The van der Waals surface area contributed by atoms with Gasteiger partial charge in [0.15, 0.2) is 5.15 Å². The third-order valence-corrected chi connectivity index (χ3v) is 4.56. The van der Waals surface area contributed by atoms with Crippen molar-refractivity contribution in [2.75, 3.05) is 24.7 Å². The van der Waals surface area contributed by atoms with Crippen molar-refractivity contribution >= 4 is 39.2 Å². The number of morpholine rings is 1. The molecular formula is C12H14ClN3OS. The van der Waals surface area contributed by atoms with E-state index in [0.717, 1.165) is 35.8 Å². The van der Waals surface area contributed by atoms with Gasteiger partial charge in [0.2, 0.25) is 0 Å². The Kier molecular flexibility index (Phi) is 3.13. The first-order valence-corrected chi connectivity index (χ1v) is 7.09. The monoisotopic (exact) mass is 283 g/mol. The van der Waals surface area contributed by atoms with Gasteiger partial charge in [0, 0.05) is 6.54 Å². The van der Waals surface area contributed by atoms with E-state index in [4.69, 9.17) is 16.3 Å². The SMILES string of the molecule is Cc1cc(N2CCOC[C@H]2C)nc2c(Cl)nsc12. The van der Waals surface area contributed by atoms with Crippen LogP contribution >= 0.6 is 23.1 Å². The molecule has 0 bridgehead atoms. The van der Waals surface area contributed by atoms with E-state index in [-0.39, 0.29) is 0 Å². The Labute approximate surface area is 115 Å². The Bertz CT molecular complexity index is 586. The second-order valence-electron chi connectivity index (χ2n) is 4.57. The summed E-state index contributed by atoms with van der Waals surface area (Å²) in [4.78, 5) is 6.92. The summed E-state index contributed by atoms with van der Waals surface area (Å²) in [5.74, 6) is 0.970. The van der Waals surface area contributed by atoms with Gasteiger partial charge in [0.25, 0.3) is 0 Å². The number of rotatable bonds is 1. The molecule has 18 heavy (non-hydrogen) atoms. The van der Waals surface area contributed by atoms with Crippen molar-refractivity contribution in [1.82, 2.24) is 9.36 Å². The van der Waals surface area contributed by atoms with Crippen molar-refractivity contribution in [3.05, 3.63) is 16.8 Å². The summed E-state index contributed by atoms with van der Waals surface area (Å²) < 4.78 is 10.7. The van der Waals surface area contributed by atoms with E-state index in [1.165, 1.54) is 17.1 Å². The second kappa shape index (κ2) is 4.64. The van der Waals surface area contributed by atoms with Gasteiger partial charge in [0.05, 0.1) is 24.0 Å². The number of nitrogens with zero attached hydrogens (tertiary/aromatic N) is 3. The molecule has 1 fully saturated rings. The van der Waals surface area contributed by atoms with Crippen LogP contribution in [0.4, 0.5) is 5.82 Å². The zero-order valence-electron chi connectivity index (χ0n) is 10.3. The number of ether oxygens (including phenoxy) is 1. The summed E-state index contributed by atoms with van der Waals surface area (Å²) in [6.45, 7) is 6.59. The number of aryl methyl sites for hydroxylation is 1. The van der Waals surface area contributed by atoms with Gasteiger partial charge < -0.3 is 9.64 Å². The first kappa shape index (κ1) is 12.1. The predicted molar refractivity (Wildman–Crippen MR) is 74.8 cm³/mol. The quantitative estimate of drug-likeness (QED) is 0.807. The molecule has 0 aliphatic carbocycles. The third kappa shape index (κ3) is 1.96. The van der Waals surface area contributed by atoms with Crippen LogP contribution < -0.4 is 4.90 Å². The van der Waals surface area contributed by atoms with Crippen molar-refractivity contribution in [3.63, 3.8) is 0 Å². The Morgan fingerprint density at radius 2 is 2.39 bits per heavy atom. The van der Waals surface area contributed by atoms with Gasteiger partial charge in [-0.05, 0) is 37.0 Å². The fourth-order valence-electron chi connectivity index (χ4n) is 2.24. The van der Waals surface area contributed by atoms with Gasteiger partial charge in [0.1, 0.15) is 11.3 Å². The van der Waals surface area contributed by atoms with Crippen molar-refractivity contribution in [3.8, 4) is 0 Å². The van der Waals surface area contributed by atoms with Gasteiger partial charge >= 0.3 is 0 Å². The van der Waals surface area contributed by atoms with Crippen LogP contribution in [0.1, 0.15) is 12.5 Å². The smallest absolute Gasteiger partial charge is 0.169 e. The number of anilines is 1. The molecular weight excluding hydrogens is 270 g/mol. The Morgan fingerprint density at radius 3 is 3.17 bits per heavy atom. The summed E-state index contributed by atoms with van der Waals surface area (Å²) in [7, 11) is 0. The highest BCUT2D eigenvalue weighted by atomic mass is 35.5. The maximum atomic E-state index is 6.09. The number of hydrogen-bond donors (Lipinski definition) is 0. The summed E-state index contributed by atoms with van der Waals surface area (Å²) in [5.41, 5.74) is 1.99. The van der Waals surface area contributed by atoms with Gasteiger partial charge in [-0.3, -0.25) is 0 Å². The summed E-state index contributed by atoms with van der Waals surface area (Å²) in [5, 5.41) is 0.501. The molecule has 1 saturated heterocycles. The summed E-state index contributed by atoms with van der Waals surface area (Å²) in [6, 6.07) is 2.45. The van der Waals surface area contributed by atoms with Crippen molar-refractivity contribution in [1.29, 1.82) is 0 Å². The molecule has 3 heterocycles. The molecule has 2 aromatic rings. The maximum Gasteiger partial charge on any atom is 0.169 e. The molecule has 6 heteroatoms. The Balaban J connectivity index is 2.08. The summed E-state index contributed by atoms with van der Waals surface area (Å²) >= 11 is 7.49. The lowest BCUT2D eigenvalue weighted by Gasteiger charge is -2.34. The third-order valence-electron chi connectivity index (χ3n) is 3.22. The van der Waals surface area contributed by atoms with Crippen LogP contribution in [0.3, 0.4) is 0 Å². The minimum Gasteiger partial charge on any atom is -0.377 e. The van der Waals surface area contributed by atoms with Crippen LogP contribution in [0.25, 0.3) is 10.2 Å². The molecule has 0 aromatic carbocycles. The van der Waals surface area contributed by atoms with E-state index in [1.54, 1.807) is 0 Å². The number of aromatic nitrogens is 2. The van der Waals surface area contributed by atoms with E-state index in [1.807, 2.05) is 0 Å². The van der Waals surface area contributed by atoms with Crippen LogP contribution in [0, 0.1) is 6.92 Å². The number of halogens is 1. The molecule has 0 saturated carbocycles. The minimum atomic E-state index is 0.341. The first-order chi connectivity index (χ1) is 8.66. The standard InChI is InChI=1S/C12H14ClN3OS/c1-7-5-9(16-3-4-17-6-8(16)2)14-10-11(7)18-15-12(10)13/h5,8H,3-4,6H2,1-2H3/t8-/m1/s1. The predicted octanol–water partition coefficient (Wildman–Crippen LogP) is 2.88. The average molecular weight is 284 g/mol. The van der Waals surface area contributed by atoms with E-state index >= 15 is 0 Å². The number of pyridine rings is 1. The van der Waals surface area contributed by atoms with Gasteiger partial charge in [-0.2, -0.15) is 4.37 Å². The topological polar surface area (TPSA) is 38.2 Å². The van der Waals surface area contributed by atoms with Gasteiger partial charge in [-0.15, -0.1) is 0 Å². The first-order valence-electron chi connectivity index (χ1n) is 5.93. The Morgan fingerprint density at radius 1 is 1.56 bits per heavy atom. The van der Waals surface area contributed by atoms with Crippen LogP contribution in [-0.4, -0.2) is 35.2 Å². The van der Waals surface area contributed by atoms with E-state index < -0.39 is 0 Å².